The number of carbonyl (C=O) groups excluding carboxylic acids is 1. The summed E-state index contributed by atoms with van der Waals surface area (Å²) >= 11 is 0. The minimum Gasteiger partial charge on any atom is -0.356 e. The first-order valence-electron chi connectivity index (χ1n) is 11.1. The van der Waals surface area contributed by atoms with Gasteiger partial charge in [-0.1, -0.05) is 89.9 Å². The lowest BCUT2D eigenvalue weighted by atomic mass is 9.93. The van der Waals surface area contributed by atoms with Gasteiger partial charge in [0, 0.05) is 12.5 Å². The second kappa shape index (κ2) is 12.8. The van der Waals surface area contributed by atoms with E-state index in [2.05, 4.69) is 5.32 Å². The molecule has 0 bridgehead atoms. The molecule has 2 aliphatic carbocycles. The summed E-state index contributed by atoms with van der Waals surface area (Å²) in [6.45, 7) is 0.940. The highest BCUT2D eigenvalue weighted by atomic mass is 16.1. The smallest absolute Gasteiger partial charge is 0.223 e. The number of hydrogen-bond acceptors (Lipinski definition) is 1. The van der Waals surface area contributed by atoms with Gasteiger partial charge < -0.3 is 5.32 Å². The first-order valence-corrected chi connectivity index (χ1v) is 11.1. The summed E-state index contributed by atoms with van der Waals surface area (Å²) in [6, 6.07) is 0. The highest BCUT2D eigenvalue weighted by Gasteiger charge is 2.19. The molecule has 2 heteroatoms. The van der Waals surface area contributed by atoms with Gasteiger partial charge in [0.05, 0.1) is 0 Å². The van der Waals surface area contributed by atoms with Crippen LogP contribution in [0.2, 0.25) is 0 Å². The van der Waals surface area contributed by atoms with Gasteiger partial charge in [0.25, 0.3) is 0 Å². The molecule has 1 N–H and O–H groups in total. The standard InChI is InChI=1S/C22H41NO/c24-22(21-17-13-9-3-1-2-4-10-14-18-21)23-19-20-15-11-7-5-6-8-12-16-20/h20-21H,1-19H2,(H,23,24). The van der Waals surface area contributed by atoms with Gasteiger partial charge in [0.1, 0.15) is 0 Å². The molecule has 0 aromatic heterocycles. The fraction of sp³-hybridized carbons (Fsp3) is 0.955. The molecule has 0 aromatic rings. The van der Waals surface area contributed by atoms with E-state index in [4.69, 9.17) is 0 Å². The number of carbonyl (C=O) groups is 1. The Morgan fingerprint density at radius 3 is 1.42 bits per heavy atom. The third kappa shape index (κ3) is 8.53. The Bertz CT molecular complexity index is 306. The summed E-state index contributed by atoms with van der Waals surface area (Å²) in [7, 11) is 0. The van der Waals surface area contributed by atoms with Crippen LogP contribution in [0, 0.1) is 11.8 Å². The van der Waals surface area contributed by atoms with Crippen molar-refractivity contribution in [1.82, 2.24) is 5.32 Å². The number of hydrogen-bond donors (Lipinski definition) is 1. The molecule has 0 heterocycles. The molecule has 24 heavy (non-hydrogen) atoms. The van der Waals surface area contributed by atoms with Crippen LogP contribution in [0.1, 0.15) is 116 Å². The Kier molecular flexibility index (Phi) is 10.5. The molecule has 2 saturated carbocycles. The van der Waals surface area contributed by atoms with Crippen molar-refractivity contribution in [2.75, 3.05) is 6.54 Å². The van der Waals surface area contributed by atoms with Crippen molar-refractivity contribution in [3.05, 3.63) is 0 Å². The molecule has 140 valence electrons. The van der Waals surface area contributed by atoms with Gasteiger partial charge in [0.2, 0.25) is 5.91 Å². The van der Waals surface area contributed by atoms with E-state index in [0.29, 0.717) is 11.8 Å². The summed E-state index contributed by atoms with van der Waals surface area (Å²) in [6.07, 6.45) is 23.9. The average Bonchev–Trinajstić information content (AvgIpc) is 2.67. The van der Waals surface area contributed by atoms with Crippen molar-refractivity contribution < 1.29 is 4.79 Å². The Hall–Kier alpha value is -0.530. The minimum atomic E-state index is 0.291. The Balaban J connectivity index is 1.73. The third-order valence-corrected chi connectivity index (χ3v) is 6.27. The fourth-order valence-electron chi connectivity index (χ4n) is 4.56. The van der Waals surface area contributed by atoms with Crippen LogP contribution < -0.4 is 5.32 Å². The summed E-state index contributed by atoms with van der Waals surface area (Å²) in [4.78, 5) is 12.7. The second-order valence-corrected chi connectivity index (χ2v) is 8.41. The summed E-state index contributed by atoms with van der Waals surface area (Å²) < 4.78 is 0. The van der Waals surface area contributed by atoms with Crippen LogP contribution >= 0.6 is 0 Å². The largest absolute Gasteiger partial charge is 0.356 e. The third-order valence-electron chi connectivity index (χ3n) is 6.27. The number of amides is 1. The molecular formula is C22H41NO. The van der Waals surface area contributed by atoms with Gasteiger partial charge in [0.15, 0.2) is 0 Å². The van der Waals surface area contributed by atoms with Crippen molar-refractivity contribution in [2.24, 2.45) is 11.8 Å². The van der Waals surface area contributed by atoms with E-state index in [0.717, 1.165) is 25.3 Å². The van der Waals surface area contributed by atoms with Gasteiger partial charge in [-0.15, -0.1) is 0 Å². The summed E-state index contributed by atoms with van der Waals surface area (Å²) in [5.41, 5.74) is 0. The van der Waals surface area contributed by atoms with E-state index in [1.54, 1.807) is 0 Å². The van der Waals surface area contributed by atoms with Crippen LogP contribution in [0.15, 0.2) is 0 Å². The van der Waals surface area contributed by atoms with Gasteiger partial charge in [-0.3, -0.25) is 4.79 Å². The molecule has 2 rings (SSSR count). The van der Waals surface area contributed by atoms with Gasteiger partial charge in [-0.05, 0) is 31.6 Å². The molecule has 1 amide bonds. The van der Waals surface area contributed by atoms with Crippen molar-refractivity contribution in [3.63, 3.8) is 0 Å². The van der Waals surface area contributed by atoms with Crippen molar-refractivity contribution >= 4 is 5.91 Å². The lowest BCUT2D eigenvalue weighted by Crippen LogP contribution is -2.34. The monoisotopic (exact) mass is 335 g/mol. The molecule has 0 saturated heterocycles. The predicted octanol–water partition coefficient (Wildman–Crippen LogP) is 6.38. The molecule has 0 aromatic carbocycles. The Morgan fingerprint density at radius 2 is 0.958 bits per heavy atom. The van der Waals surface area contributed by atoms with Gasteiger partial charge in [-0.2, -0.15) is 0 Å². The molecular weight excluding hydrogens is 294 g/mol. The maximum absolute atomic E-state index is 12.7. The number of nitrogens with one attached hydrogen (secondary N) is 1. The first-order chi connectivity index (χ1) is 11.9. The van der Waals surface area contributed by atoms with Crippen molar-refractivity contribution in [3.8, 4) is 0 Å². The van der Waals surface area contributed by atoms with Crippen molar-refractivity contribution in [2.45, 2.75) is 116 Å². The predicted molar refractivity (Wildman–Crippen MR) is 103 cm³/mol. The first kappa shape index (κ1) is 19.8. The molecule has 0 atom stereocenters. The maximum atomic E-state index is 12.7. The summed E-state index contributed by atoms with van der Waals surface area (Å²) in [5.74, 6) is 1.39. The van der Waals surface area contributed by atoms with Crippen LogP contribution in [0.3, 0.4) is 0 Å². The van der Waals surface area contributed by atoms with E-state index in [-0.39, 0.29) is 0 Å². The maximum Gasteiger partial charge on any atom is 0.223 e. The van der Waals surface area contributed by atoms with E-state index in [9.17, 15) is 4.79 Å². The van der Waals surface area contributed by atoms with Gasteiger partial charge >= 0.3 is 0 Å². The van der Waals surface area contributed by atoms with E-state index >= 15 is 0 Å². The van der Waals surface area contributed by atoms with Crippen LogP contribution in [0.25, 0.3) is 0 Å². The molecule has 2 fully saturated rings. The molecule has 0 spiro atoms. The number of rotatable bonds is 3. The van der Waals surface area contributed by atoms with Crippen LogP contribution in [-0.2, 0) is 4.79 Å². The molecule has 0 radical (unpaired) electrons. The molecule has 0 unspecified atom stereocenters. The van der Waals surface area contributed by atoms with Crippen LogP contribution in [-0.4, -0.2) is 12.5 Å². The lowest BCUT2D eigenvalue weighted by Gasteiger charge is -2.20. The second-order valence-electron chi connectivity index (χ2n) is 8.41. The highest BCUT2D eigenvalue weighted by molar-refractivity contribution is 5.78. The van der Waals surface area contributed by atoms with E-state index in [1.165, 1.54) is 103 Å². The zero-order valence-electron chi connectivity index (χ0n) is 16.0. The Morgan fingerprint density at radius 1 is 0.583 bits per heavy atom. The highest BCUT2D eigenvalue weighted by Crippen LogP contribution is 2.23. The zero-order chi connectivity index (χ0) is 16.9. The fourth-order valence-corrected chi connectivity index (χ4v) is 4.56. The van der Waals surface area contributed by atoms with Gasteiger partial charge in [-0.25, -0.2) is 0 Å². The quantitative estimate of drug-likeness (QED) is 0.636. The Labute approximate surface area is 150 Å². The lowest BCUT2D eigenvalue weighted by molar-refractivity contribution is -0.125. The normalized spacial score (nSPS) is 24.2. The molecule has 0 aliphatic heterocycles. The van der Waals surface area contributed by atoms with Crippen LogP contribution in [0.4, 0.5) is 0 Å². The average molecular weight is 336 g/mol. The topological polar surface area (TPSA) is 29.1 Å². The van der Waals surface area contributed by atoms with E-state index < -0.39 is 0 Å². The zero-order valence-corrected chi connectivity index (χ0v) is 16.0. The SMILES string of the molecule is O=C(NCC1CCCCCCCC1)C1CCCCCCCCCC1. The molecule has 2 nitrogen and oxygen atoms in total. The van der Waals surface area contributed by atoms with Crippen molar-refractivity contribution in [1.29, 1.82) is 0 Å². The molecule has 2 aliphatic rings. The minimum absolute atomic E-state index is 0.291. The van der Waals surface area contributed by atoms with Crippen LogP contribution in [0.5, 0.6) is 0 Å². The summed E-state index contributed by atoms with van der Waals surface area (Å²) in [5, 5.41) is 3.35. The van der Waals surface area contributed by atoms with E-state index in [1.807, 2.05) is 0 Å².